The van der Waals surface area contributed by atoms with Crippen LogP contribution in [-0.2, 0) is 16.2 Å². The van der Waals surface area contributed by atoms with Crippen molar-refractivity contribution in [2.75, 3.05) is 11.0 Å². The second kappa shape index (κ2) is 7.24. The molecule has 0 aliphatic heterocycles. The predicted molar refractivity (Wildman–Crippen MR) is 101 cm³/mol. The highest BCUT2D eigenvalue weighted by Gasteiger charge is 2.35. The number of primary amides is 1. The maximum Gasteiger partial charge on any atom is 0.435 e. The molecule has 1 heterocycles. The Morgan fingerprint density at radius 3 is 2.14 bits per heavy atom. The number of nitrogens with two attached hydrogens (primary N) is 1. The molecule has 0 atom stereocenters. The van der Waals surface area contributed by atoms with Crippen molar-refractivity contribution in [2.45, 2.75) is 6.18 Å². The Balaban J connectivity index is 2.08. The molecule has 3 N–H and O–H groups in total. The van der Waals surface area contributed by atoms with Crippen LogP contribution in [0.15, 0.2) is 54.6 Å². The molecule has 0 unspecified atom stereocenters. The smallest absolute Gasteiger partial charge is 0.366 e. The Labute approximate surface area is 164 Å². The number of carbonyl (C=O) groups excluding carboxylic acids is 1. The number of hydrogen-bond donors (Lipinski definition) is 2. The quantitative estimate of drug-likeness (QED) is 0.656. The van der Waals surface area contributed by atoms with Crippen molar-refractivity contribution in [3.8, 4) is 16.9 Å². The van der Waals surface area contributed by atoms with E-state index in [1.807, 2.05) is 0 Å². The van der Waals surface area contributed by atoms with E-state index in [9.17, 15) is 26.4 Å². The number of sulfonamides is 1. The van der Waals surface area contributed by atoms with Crippen LogP contribution in [0.2, 0.25) is 0 Å². The first-order valence-corrected chi connectivity index (χ1v) is 9.99. The highest BCUT2D eigenvalue weighted by molar-refractivity contribution is 7.92. The van der Waals surface area contributed by atoms with Crippen molar-refractivity contribution in [3.63, 3.8) is 0 Å². The molecule has 0 saturated carbocycles. The molecule has 152 valence electrons. The number of nitrogens with one attached hydrogen (secondary N) is 1. The fourth-order valence-corrected chi connectivity index (χ4v) is 3.18. The summed E-state index contributed by atoms with van der Waals surface area (Å²) in [7, 11) is -3.49. The van der Waals surface area contributed by atoms with Gasteiger partial charge in [0.2, 0.25) is 15.9 Å². The zero-order valence-corrected chi connectivity index (χ0v) is 15.8. The number of benzene rings is 2. The summed E-state index contributed by atoms with van der Waals surface area (Å²) in [4.78, 5) is 11.2. The first-order chi connectivity index (χ1) is 13.4. The van der Waals surface area contributed by atoms with Gasteiger partial charge in [-0.1, -0.05) is 12.1 Å². The Morgan fingerprint density at radius 1 is 1.07 bits per heavy atom. The molecule has 2 aromatic carbocycles. The average Bonchev–Trinajstić information content (AvgIpc) is 3.07. The van der Waals surface area contributed by atoms with Crippen molar-refractivity contribution >= 4 is 21.6 Å². The van der Waals surface area contributed by atoms with E-state index in [0.717, 1.165) is 17.0 Å². The topological polar surface area (TPSA) is 107 Å². The van der Waals surface area contributed by atoms with E-state index in [2.05, 4.69) is 9.82 Å². The minimum Gasteiger partial charge on any atom is -0.366 e. The van der Waals surface area contributed by atoms with Crippen LogP contribution < -0.4 is 10.5 Å². The average molecular weight is 424 g/mol. The number of carbonyl (C=O) groups is 1. The Kier molecular flexibility index (Phi) is 5.09. The third-order valence-electron chi connectivity index (χ3n) is 3.88. The van der Waals surface area contributed by atoms with Gasteiger partial charge in [-0.25, -0.2) is 13.1 Å². The lowest BCUT2D eigenvalue weighted by atomic mass is 10.1. The van der Waals surface area contributed by atoms with E-state index in [0.29, 0.717) is 5.56 Å². The number of alkyl halides is 3. The number of halogens is 3. The summed E-state index contributed by atoms with van der Waals surface area (Å²) in [5.41, 5.74) is 5.37. The number of rotatable bonds is 5. The molecule has 0 radical (unpaired) electrons. The van der Waals surface area contributed by atoms with Crippen molar-refractivity contribution in [3.05, 3.63) is 65.9 Å². The fraction of sp³-hybridized carbons (Fsp3) is 0.111. The maximum absolute atomic E-state index is 13.2. The lowest BCUT2D eigenvalue weighted by molar-refractivity contribution is -0.141. The largest absolute Gasteiger partial charge is 0.435 e. The standard InChI is InChI=1S/C18H15F3N4O3S/c1-29(27,28)24-13-6-8-14(9-7-13)25-15(10-16(23-25)18(19,20)21)11-2-4-12(5-3-11)17(22)26/h2-10,24H,1H3,(H2,22,26). The van der Waals surface area contributed by atoms with E-state index in [4.69, 9.17) is 5.73 Å². The number of nitrogens with zero attached hydrogens (tertiary/aromatic N) is 2. The lowest BCUT2D eigenvalue weighted by Crippen LogP contribution is -2.10. The number of amides is 1. The van der Waals surface area contributed by atoms with Crippen LogP contribution in [0, 0.1) is 0 Å². The molecule has 0 aliphatic carbocycles. The van der Waals surface area contributed by atoms with E-state index >= 15 is 0 Å². The summed E-state index contributed by atoms with van der Waals surface area (Å²) >= 11 is 0. The lowest BCUT2D eigenvalue weighted by Gasteiger charge is -2.10. The molecule has 11 heteroatoms. The van der Waals surface area contributed by atoms with Crippen molar-refractivity contribution < 1.29 is 26.4 Å². The SMILES string of the molecule is CS(=O)(=O)Nc1ccc(-n2nc(C(F)(F)F)cc2-c2ccc(C(N)=O)cc2)cc1. The van der Waals surface area contributed by atoms with Crippen LogP contribution in [0.4, 0.5) is 18.9 Å². The van der Waals surface area contributed by atoms with Gasteiger partial charge in [-0.2, -0.15) is 18.3 Å². The Bertz CT molecular complexity index is 1150. The van der Waals surface area contributed by atoms with Crippen LogP contribution in [0.25, 0.3) is 16.9 Å². The summed E-state index contributed by atoms with van der Waals surface area (Å²) in [6, 6.07) is 12.3. The van der Waals surface area contributed by atoms with Crippen LogP contribution in [0.3, 0.4) is 0 Å². The third kappa shape index (κ3) is 4.74. The summed E-state index contributed by atoms with van der Waals surface area (Å²) < 4.78 is 65.6. The number of hydrogen-bond acceptors (Lipinski definition) is 4. The van der Waals surface area contributed by atoms with Gasteiger partial charge in [-0.05, 0) is 42.5 Å². The monoisotopic (exact) mass is 424 g/mol. The van der Waals surface area contributed by atoms with Gasteiger partial charge < -0.3 is 5.73 Å². The molecule has 7 nitrogen and oxygen atoms in total. The Morgan fingerprint density at radius 2 is 1.66 bits per heavy atom. The summed E-state index contributed by atoms with van der Waals surface area (Å²) in [5.74, 6) is -0.657. The van der Waals surface area contributed by atoms with Gasteiger partial charge in [0.05, 0.1) is 17.6 Å². The van der Waals surface area contributed by atoms with Crippen LogP contribution in [0.5, 0.6) is 0 Å². The molecule has 29 heavy (non-hydrogen) atoms. The van der Waals surface area contributed by atoms with Crippen LogP contribution in [0.1, 0.15) is 16.1 Å². The molecule has 0 aliphatic rings. The van der Waals surface area contributed by atoms with Gasteiger partial charge >= 0.3 is 6.18 Å². The minimum absolute atomic E-state index is 0.136. The third-order valence-corrected chi connectivity index (χ3v) is 4.49. The van der Waals surface area contributed by atoms with Gasteiger partial charge in [0.25, 0.3) is 0 Å². The zero-order chi connectivity index (χ0) is 21.4. The number of anilines is 1. The molecule has 1 aromatic heterocycles. The zero-order valence-electron chi connectivity index (χ0n) is 14.9. The normalized spacial score (nSPS) is 12.0. The van der Waals surface area contributed by atoms with Crippen LogP contribution >= 0.6 is 0 Å². The first kappa shape index (κ1) is 20.4. The molecule has 0 fully saturated rings. The maximum atomic E-state index is 13.2. The predicted octanol–water partition coefficient (Wildman–Crippen LogP) is 3.03. The molecular formula is C18H15F3N4O3S. The van der Waals surface area contributed by atoms with Gasteiger partial charge in [-0.15, -0.1) is 0 Å². The molecule has 0 saturated heterocycles. The molecule has 0 bridgehead atoms. The van der Waals surface area contributed by atoms with Gasteiger partial charge in [0.15, 0.2) is 5.69 Å². The highest BCUT2D eigenvalue weighted by Crippen LogP contribution is 2.33. The first-order valence-electron chi connectivity index (χ1n) is 8.10. The van der Waals surface area contributed by atoms with E-state index in [-0.39, 0.29) is 22.6 Å². The van der Waals surface area contributed by atoms with E-state index in [1.54, 1.807) is 0 Å². The van der Waals surface area contributed by atoms with E-state index in [1.165, 1.54) is 48.5 Å². The molecule has 0 spiro atoms. The second-order valence-electron chi connectivity index (χ2n) is 6.19. The van der Waals surface area contributed by atoms with Crippen molar-refractivity contribution in [2.24, 2.45) is 5.73 Å². The van der Waals surface area contributed by atoms with Crippen LogP contribution in [-0.4, -0.2) is 30.4 Å². The van der Waals surface area contributed by atoms with Crippen molar-refractivity contribution in [1.29, 1.82) is 0 Å². The van der Waals surface area contributed by atoms with Gasteiger partial charge in [0.1, 0.15) is 0 Å². The fourth-order valence-electron chi connectivity index (χ4n) is 2.61. The highest BCUT2D eigenvalue weighted by atomic mass is 32.2. The summed E-state index contributed by atoms with van der Waals surface area (Å²) in [6.07, 6.45) is -3.68. The van der Waals surface area contributed by atoms with Gasteiger partial charge in [0, 0.05) is 16.8 Å². The second-order valence-corrected chi connectivity index (χ2v) is 7.94. The van der Waals surface area contributed by atoms with Crippen molar-refractivity contribution in [1.82, 2.24) is 9.78 Å². The van der Waals surface area contributed by atoms with E-state index < -0.39 is 27.8 Å². The van der Waals surface area contributed by atoms with Gasteiger partial charge in [-0.3, -0.25) is 9.52 Å². The Hall–Kier alpha value is -3.34. The summed E-state index contributed by atoms with van der Waals surface area (Å²) in [5, 5.41) is 3.65. The molecule has 1 amide bonds. The molecular weight excluding hydrogens is 409 g/mol. The number of aromatic nitrogens is 2. The summed E-state index contributed by atoms with van der Waals surface area (Å²) in [6.45, 7) is 0. The molecule has 3 rings (SSSR count). The molecule has 3 aromatic rings. The minimum atomic E-state index is -4.66.